The molecule has 3 rings (SSSR count). The lowest BCUT2D eigenvalue weighted by Gasteiger charge is -2.17. The first-order chi connectivity index (χ1) is 12.8. The minimum absolute atomic E-state index is 0.304. The third-order valence-corrected chi connectivity index (χ3v) is 4.68. The van der Waals surface area contributed by atoms with Crippen LogP contribution in [0, 0.1) is 0 Å². The molecule has 3 N–H and O–H groups in total. The van der Waals surface area contributed by atoms with Gasteiger partial charge >= 0.3 is 6.03 Å². The molecule has 0 spiro atoms. The van der Waals surface area contributed by atoms with Crippen molar-refractivity contribution >= 4 is 38.2 Å². The number of benzene rings is 3. The number of nitrogens with one attached hydrogen (secondary N) is 3. The summed E-state index contributed by atoms with van der Waals surface area (Å²) in [6, 6.07) is 19.8. The smallest absolute Gasteiger partial charge is 0.319 e. The van der Waals surface area contributed by atoms with Crippen LogP contribution in [0.25, 0.3) is 10.8 Å². The number of fused-ring (bicyclic) bond motifs is 1. The van der Waals surface area contributed by atoms with Crippen LogP contribution in [0.3, 0.4) is 0 Å². The maximum absolute atomic E-state index is 12.4. The molecule has 3 aromatic rings. The van der Waals surface area contributed by atoms with E-state index in [9.17, 15) is 13.2 Å². The number of carbonyl (C=O) groups is 1. The zero-order valence-corrected chi connectivity index (χ0v) is 15.9. The predicted octanol–water partition coefficient (Wildman–Crippen LogP) is 4.09. The average molecular weight is 383 g/mol. The van der Waals surface area contributed by atoms with Crippen LogP contribution < -0.4 is 15.4 Å². The van der Waals surface area contributed by atoms with Gasteiger partial charge in [0, 0.05) is 11.1 Å². The largest absolute Gasteiger partial charge is 0.331 e. The molecule has 6 nitrogen and oxygen atoms in total. The van der Waals surface area contributed by atoms with Gasteiger partial charge in [0.25, 0.3) is 0 Å². The Balaban J connectivity index is 1.71. The first-order valence-electron chi connectivity index (χ1n) is 8.45. The topological polar surface area (TPSA) is 87.3 Å². The molecule has 0 saturated heterocycles. The van der Waals surface area contributed by atoms with Crippen molar-refractivity contribution in [2.45, 2.75) is 13.0 Å². The van der Waals surface area contributed by atoms with Crippen molar-refractivity contribution in [3.63, 3.8) is 0 Å². The Bertz CT molecular complexity index is 1080. The van der Waals surface area contributed by atoms with Crippen LogP contribution in [0.2, 0.25) is 0 Å². The minimum atomic E-state index is -3.35. The van der Waals surface area contributed by atoms with E-state index in [0.717, 1.165) is 28.3 Å². The summed E-state index contributed by atoms with van der Waals surface area (Å²) in [6.45, 7) is 1.84. The molecule has 0 unspecified atom stereocenters. The summed E-state index contributed by atoms with van der Waals surface area (Å²) < 4.78 is 25.2. The monoisotopic (exact) mass is 383 g/mol. The maximum Gasteiger partial charge on any atom is 0.319 e. The Morgan fingerprint density at radius 3 is 2.44 bits per heavy atom. The lowest BCUT2D eigenvalue weighted by Crippen LogP contribution is -2.31. The second-order valence-corrected chi connectivity index (χ2v) is 8.10. The fraction of sp³-hybridized carbons (Fsp3) is 0.150. The van der Waals surface area contributed by atoms with E-state index in [0.29, 0.717) is 5.69 Å². The van der Waals surface area contributed by atoms with Gasteiger partial charge in [0.15, 0.2) is 0 Å². The molecule has 0 aliphatic rings. The van der Waals surface area contributed by atoms with Crippen molar-refractivity contribution in [1.29, 1.82) is 0 Å². The predicted molar refractivity (Wildman–Crippen MR) is 109 cm³/mol. The van der Waals surface area contributed by atoms with Crippen LogP contribution in [-0.4, -0.2) is 20.7 Å². The molecule has 0 bridgehead atoms. The Morgan fingerprint density at radius 1 is 0.963 bits per heavy atom. The van der Waals surface area contributed by atoms with Gasteiger partial charge in [-0.15, -0.1) is 0 Å². The summed E-state index contributed by atoms with van der Waals surface area (Å²) in [5.74, 6) is 0. The Labute approximate surface area is 158 Å². The molecular formula is C20H21N3O3S. The van der Waals surface area contributed by atoms with E-state index < -0.39 is 10.0 Å². The lowest BCUT2D eigenvalue weighted by molar-refractivity contribution is 0.249. The summed E-state index contributed by atoms with van der Waals surface area (Å²) in [4.78, 5) is 12.4. The van der Waals surface area contributed by atoms with Crippen LogP contribution in [0.4, 0.5) is 16.2 Å². The number of urea groups is 1. The minimum Gasteiger partial charge on any atom is -0.331 e. The highest BCUT2D eigenvalue weighted by Gasteiger charge is 2.12. The SMILES string of the molecule is C[C@@H](NC(=O)Nc1cccc2ccccc12)c1cccc(NS(C)(=O)=O)c1. The molecule has 0 saturated carbocycles. The van der Waals surface area contributed by atoms with Gasteiger partial charge in [0.2, 0.25) is 10.0 Å². The van der Waals surface area contributed by atoms with Crippen LogP contribution >= 0.6 is 0 Å². The van der Waals surface area contributed by atoms with E-state index in [1.54, 1.807) is 18.2 Å². The summed E-state index contributed by atoms with van der Waals surface area (Å²) >= 11 is 0. The highest BCUT2D eigenvalue weighted by Crippen LogP contribution is 2.23. The zero-order valence-electron chi connectivity index (χ0n) is 15.1. The van der Waals surface area contributed by atoms with Gasteiger partial charge in [0.1, 0.15) is 0 Å². The highest BCUT2D eigenvalue weighted by molar-refractivity contribution is 7.92. The van der Waals surface area contributed by atoms with Gasteiger partial charge in [-0.2, -0.15) is 0 Å². The second-order valence-electron chi connectivity index (χ2n) is 6.35. The summed E-state index contributed by atoms with van der Waals surface area (Å²) in [5, 5.41) is 7.75. The molecule has 0 radical (unpaired) electrons. The number of hydrogen-bond acceptors (Lipinski definition) is 3. The zero-order chi connectivity index (χ0) is 19.4. The Hall–Kier alpha value is -3.06. The molecule has 140 valence electrons. The van der Waals surface area contributed by atoms with E-state index in [4.69, 9.17) is 0 Å². The Kier molecular flexibility index (Phi) is 5.32. The third-order valence-electron chi connectivity index (χ3n) is 4.08. The fourth-order valence-corrected chi connectivity index (χ4v) is 3.41. The fourth-order valence-electron chi connectivity index (χ4n) is 2.86. The molecule has 0 aliphatic carbocycles. The van der Waals surface area contributed by atoms with Crippen molar-refractivity contribution < 1.29 is 13.2 Å². The summed E-state index contributed by atoms with van der Waals surface area (Å²) in [5.41, 5.74) is 1.97. The molecule has 0 fully saturated rings. The average Bonchev–Trinajstić information content (AvgIpc) is 2.61. The van der Waals surface area contributed by atoms with Crippen molar-refractivity contribution in [1.82, 2.24) is 5.32 Å². The van der Waals surface area contributed by atoms with E-state index >= 15 is 0 Å². The van der Waals surface area contributed by atoms with Gasteiger partial charge in [-0.25, -0.2) is 13.2 Å². The first-order valence-corrected chi connectivity index (χ1v) is 10.3. The molecule has 3 aromatic carbocycles. The van der Waals surface area contributed by atoms with E-state index in [-0.39, 0.29) is 12.1 Å². The van der Waals surface area contributed by atoms with Crippen molar-refractivity contribution in [3.8, 4) is 0 Å². The normalized spacial score (nSPS) is 12.4. The number of hydrogen-bond donors (Lipinski definition) is 3. The van der Waals surface area contributed by atoms with Crippen molar-refractivity contribution in [2.75, 3.05) is 16.3 Å². The first kappa shape index (κ1) is 18.7. The molecule has 27 heavy (non-hydrogen) atoms. The molecule has 2 amide bonds. The van der Waals surface area contributed by atoms with Crippen LogP contribution in [-0.2, 0) is 10.0 Å². The number of rotatable bonds is 5. The maximum atomic E-state index is 12.4. The number of amides is 2. The van der Waals surface area contributed by atoms with Gasteiger partial charge in [-0.1, -0.05) is 48.5 Å². The van der Waals surface area contributed by atoms with Gasteiger partial charge in [-0.05, 0) is 36.1 Å². The molecular weight excluding hydrogens is 362 g/mol. The second kappa shape index (κ2) is 7.67. The van der Waals surface area contributed by atoms with E-state index in [2.05, 4.69) is 15.4 Å². The molecule has 0 heterocycles. The molecule has 0 aliphatic heterocycles. The Morgan fingerprint density at radius 2 is 1.67 bits per heavy atom. The van der Waals surface area contributed by atoms with Gasteiger partial charge in [0.05, 0.1) is 18.0 Å². The van der Waals surface area contributed by atoms with Gasteiger partial charge < -0.3 is 10.6 Å². The van der Waals surface area contributed by atoms with Crippen molar-refractivity contribution in [3.05, 3.63) is 72.3 Å². The van der Waals surface area contributed by atoms with Crippen LogP contribution in [0.15, 0.2) is 66.7 Å². The van der Waals surface area contributed by atoms with Gasteiger partial charge in [-0.3, -0.25) is 4.72 Å². The van der Waals surface area contributed by atoms with Crippen LogP contribution in [0.5, 0.6) is 0 Å². The standard InChI is InChI=1S/C20H21N3O3S/c1-14(16-9-5-10-17(13-16)23-27(2,25)26)21-20(24)22-19-12-6-8-15-7-3-4-11-18(15)19/h3-14,23H,1-2H3,(H2,21,22,24)/t14-/m1/s1. The molecule has 7 heteroatoms. The number of carbonyl (C=O) groups excluding carboxylic acids is 1. The summed E-state index contributed by atoms with van der Waals surface area (Å²) in [7, 11) is -3.35. The quantitative estimate of drug-likeness (QED) is 0.620. The number of anilines is 2. The van der Waals surface area contributed by atoms with E-state index in [1.165, 1.54) is 0 Å². The van der Waals surface area contributed by atoms with E-state index in [1.807, 2.05) is 55.5 Å². The highest BCUT2D eigenvalue weighted by atomic mass is 32.2. The van der Waals surface area contributed by atoms with Crippen LogP contribution in [0.1, 0.15) is 18.5 Å². The molecule has 1 atom stereocenters. The van der Waals surface area contributed by atoms with Crippen molar-refractivity contribution in [2.24, 2.45) is 0 Å². The number of sulfonamides is 1. The summed E-state index contributed by atoms with van der Waals surface area (Å²) in [6.07, 6.45) is 1.10. The lowest BCUT2D eigenvalue weighted by atomic mass is 10.1. The third kappa shape index (κ3) is 4.98. The molecule has 0 aromatic heterocycles.